The number of nitrogens with one attached hydrogen (secondary N) is 1. The summed E-state index contributed by atoms with van der Waals surface area (Å²) in [6, 6.07) is 7.26. The smallest absolute Gasteiger partial charge is 0.416 e. The zero-order valence-corrected chi connectivity index (χ0v) is 14.2. The summed E-state index contributed by atoms with van der Waals surface area (Å²) in [5.41, 5.74) is -1.12. The van der Waals surface area contributed by atoms with E-state index in [1.807, 2.05) is 0 Å². The molecule has 1 N–H and O–H groups in total. The summed E-state index contributed by atoms with van der Waals surface area (Å²) in [6.45, 7) is 0. The number of sulfonamides is 1. The lowest BCUT2D eigenvalue weighted by molar-refractivity contribution is -0.137. The van der Waals surface area contributed by atoms with Crippen LogP contribution in [0.3, 0.4) is 0 Å². The molecule has 0 aromatic heterocycles. The first-order chi connectivity index (χ1) is 11.5. The van der Waals surface area contributed by atoms with Gasteiger partial charge in [-0.15, -0.1) is 0 Å². The van der Waals surface area contributed by atoms with E-state index in [1.165, 1.54) is 24.3 Å². The fourth-order valence-electron chi connectivity index (χ4n) is 1.92. The number of carbonyl (C=O) groups is 1. The molecule has 0 spiro atoms. The largest absolute Gasteiger partial charge is 0.465 e. The van der Waals surface area contributed by atoms with Crippen molar-refractivity contribution in [1.82, 2.24) is 0 Å². The molecule has 5 nitrogen and oxygen atoms in total. The topological polar surface area (TPSA) is 72.5 Å². The number of ether oxygens (including phenoxy) is 1. The Bertz CT molecular complexity index is 913. The molecule has 10 heteroatoms. The van der Waals surface area contributed by atoms with Gasteiger partial charge in [0.05, 0.1) is 23.3 Å². The zero-order chi connectivity index (χ0) is 18.8. The first-order valence-corrected chi connectivity index (χ1v) is 8.48. The summed E-state index contributed by atoms with van der Waals surface area (Å²) in [4.78, 5) is 10.7. The van der Waals surface area contributed by atoms with E-state index in [0.717, 1.165) is 13.2 Å². The second kappa shape index (κ2) is 6.93. The van der Waals surface area contributed by atoms with E-state index in [2.05, 4.69) is 9.46 Å². The summed E-state index contributed by atoms with van der Waals surface area (Å²) >= 11 is 5.74. The van der Waals surface area contributed by atoms with Gasteiger partial charge in [-0.3, -0.25) is 4.72 Å². The SMILES string of the molecule is COC(=O)c1cccc(NS(=O)(=O)c2cc(C(F)(F)F)ccc2Cl)c1. The molecular weight excluding hydrogens is 383 g/mol. The fraction of sp³-hybridized carbons (Fsp3) is 0.133. The monoisotopic (exact) mass is 393 g/mol. The molecule has 0 aliphatic heterocycles. The summed E-state index contributed by atoms with van der Waals surface area (Å²) in [6.07, 6.45) is -4.72. The van der Waals surface area contributed by atoms with Gasteiger partial charge in [-0.25, -0.2) is 13.2 Å². The molecule has 0 amide bonds. The molecule has 0 heterocycles. The van der Waals surface area contributed by atoms with Gasteiger partial charge in [-0.1, -0.05) is 17.7 Å². The number of benzene rings is 2. The van der Waals surface area contributed by atoms with Gasteiger partial charge >= 0.3 is 12.1 Å². The molecule has 2 rings (SSSR count). The van der Waals surface area contributed by atoms with Crippen molar-refractivity contribution in [2.45, 2.75) is 11.1 Å². The number of esters is 1. The molecule has 25 heavy (non-hydrogen) atoms. The number of rotatable bonds is 4. The quantitative estimate of drug-likeness (QED) is 0.798. The minimum absolute atomic E-state index is 0.0311. The maximum absolute atomic E-state index is 12.8. The van der Waals surface area contributed by atoms with Crippen LogP contribution in [0.5, 0.6) is 0 Å². The van der Waals surface area contributed by atoms with E-state index in [4.69, 9.17) is 11.6 Å². The highest BCUT2D eigenvalue weighted by Crippen LogP contribution is 2.34. The van der Waals surface area contributed by atoms with Gasteiger partial charge in [0.2, 0.25) is 0 Å². The molecule has 0 bridgehead atoms. The predicted molar refractivity (Wildman–Crippen MR) is 85.0 cm³/mol. The van der Waals surface area contributed by atoms with E-state index in [1.54, 1.807) is 0 Å². The standard InChI is InChI=1S/C15H11ClF3NO4S/c1-24-14(21)9-3-2-4-11(7-9)20-25(22,23)13-8-10(15(17,18)19)5-6-12(13)16/h2-8,20H,1H3. The van der Waals surface area contributed by atoms with E-state index in [9.17, 15) is 26.4 Å². The van der Waals surface area contributed by atoms with Gasteiger partial charge in [0.15, 0.2) is 0 Å². The van der Waals surface area contributed by atoms with Crippen LogP contribution >= 0.6 is 11.6 Å². The first-order valence-electron chi connectivity index (χ1n) is 6.62. The van der Waals surface area contributed by atoms with Crippen LogP contribution in [0.15, 0.2) is 47.4 Å². The number of anilines is 1. The molecule has 0 fully saturated rings. The molecule has 2 aromatic rings. The fourth-order valence-corrected chi connectivity index (χ4v) is 3.50. The van der Waals surface area contributed by atoms with Crippen molar-refractivity contribution >= 4 is 33.3 Å². The normalized spacial score (nSPS) is 11.9. The van der Waals surface area contributed by atoms with Crippen LogP contribution in [-0.2, 0) is 20.9 Å². The summed E-state index contributed by atoms with van der Waals surface area (Å²) in [5, 5.41) is -0.371. The molecule has 134 valence electrons. The molecule has 0 radical (unpaired) electrons. The van der Waals surface area contributed by atoms with Gasteiger partial charge < -0.3 is 4.74 Å². The molecule has 0 aliphatic carbocycles. The van der Waals surface area contributed by atoms with Crippen LogP contribution in [0.25, 0.3) is 0 Å². The number of hydrogen-bond donors (Lipinski definition) is 1. The van der Waals surface area contributed by atoms with E-state index in [0.29, 0.717) is 12.1 Å². The zero-order valence-electron chi connectivity index (χ0n) is 12.6. The second-order valence-electron chi connectivity index (χ2n) is 4.82. The summed E-state index contributed by atoms with van der Waals surface area (Å²) in [5.74, 6) is -0.696. The number of hydrogen-bond acceptors (Lipinski definition) is 4. The van der Waals surface area contributed by atoms with Crippen LogP contribution in [0.1, 0.15) is 15.9 Å². The maximum Gasteiger partial charge on any atom is 0.416 e. The van der Waals surface area contributed by atoms with Crippen molar-refractivity contribution in [3.63, 3.8) is 0 Å². The average Bonchev–Trinajstić information content (AvgIpc) is 2.53. The predicted octanol–water partition coefficient (Wildman–Crippen LogP) is 3.95. The molecule has 0 atom stereocenters. The second-order valence-corrected chi connectivity index (χ2v) is 6.88. The van der Waals surface area contributed by atoms with Crippen LogP contribution in [0.2, 0.25) is 5.02 Å². The van der Waals surface area contributed by atoms with Gasteiger partial charge in [0.1, 0.15) is 4.90 Å². The molecule has 0 saturated carbocycles. The van der Waals surface area contributed by atoms with E-state index < -0.39 is 32.6 Å². The van der Waals surface area contributed by atoms with Crippen molar-refractivity contribution in [1.29, 1.82) is 0 Å². The average molecular weight is 394 g/mol. The lowest BCUT2D eigenvalue weighted by Crippen LogP contribution is -2.15. The van der Waals surface area contributed by atoms with Crippen LogP contribution in [-0.4, -0.2) is 21.5 Å². The third-order valence-corrected chi connectivity index (χ3v) is 4.95. The van der Waals surface area contributed by atoms with Gasteiger partial charge in [0.25, 0.3) is 10.0 Å². The number of carbonyl (C=O) groups excluding carboxylic acids is 1. The Morgan fingerprint density at radius 2 is 1.84 bits per heavy atom. The van der Waals surface area contributed by atoms with Crippen molar-refractivity contribution in [2.75, 3.05) is 11.8 Å². The van der Waals surface area contributed by atoms with Gasteiger partial charge in [-0.2, -0.15) is 13.2 Å². The van der Waals surface area contributed by atoms with Crippen molar-refractivity contribution < 1.29 is 31.1 Å². The van der Waals surface area contributed by atoms with Crippen molar-refractivity contribution in [3.05, 3.63) is 58.6 Å². The van der Waals surface area contributed by atoms with Crippen molar-refractivity contribution in [2.24, 2.45) is 0 Å². The molecule has 0 unspecified atom stereocenters. The highest BCUT2D eigenvalue weighted by Gasteiger charge is 2.32. The van der Waals surface area contributed by atoms with Gasteiger partial charge in [-0.05, 0) is 36.4 Å². The third-order valence-electron chi connectivity index (χ3n) is 3.08. The lowest BCUT2D eigenvalue weighted by atomic mass is 10.2. The third kappa shape index (κ3) is 4.43. The Morgan fingerprint density at radius 3 is 2.44 bits per heavy atom. The van der Waals surface area contributed by atoms with Crippen LogP contribution in [0.4, 0.5) is 18.9 Å². The minimum Gasteiger partial charge on any atom is -0.465 e. The first kappa shape index (κ1) is 19.1. The Hall–Kier alpha value is -2.26. The highest BCUT2D eigenvalue weighted by atomic mass is 35.5. The number of alkyl halides is 3. The van der Waals surface area contributed by atoms with E-state index >= 15 is 0 Å². The number of methoxy groups -OCH3 is 1. The lowest BCUT2D eigenvalue weighted by Gasteiger charge is -2.13. The van der Waals surface area contributed by atoms with Crippen LogP contribution < -0.4 is 4.72 Å². The molecular formula is C15H11ClF3NO4S. The Balaban J connectivity index is 2.42. The maximum atomic E-state index is 12.8. The summed E-state index contributed by atoms with van der Waals surface area (Å²) < 4.78 is 69.7. The van der Waals surface area contributed by atoms with Gasteiger partial charge in [0, 0.05) is 5.69 Å². The summed E-state index contributed by atoms with van der Waals surface area (Å²) in [7, 11) is -3.26. The Labute approximate surface area is 146 Å². The molecule has 0 aliphatic rings. The Kier molecular flexibility index (Phi) is 5.28. The van der Waals surface area contributed by atoms with Crippen LogP contribution in [0, 0.1) is 0 Å². The molecule has 2 aromatic carbocycles. The van der Waals surface area contributed by atoms with Crippen molar-refractivity contribution in [3.8, 4) is 0 Å². The Morgan fingerprint density at radius 1 is 1.16 bits per heavy atom. The molecule has 0 saturated heterocycles. The minimum atomic E-state index is -4.72. The van der Waals surface area contributed by atoms with E-state index in [-0.39, 0.29) is 16.3 Å². The number of halogens is 4. The highest BCUT2D eigenvalue weighted by molar-refractivity contribution is 7.92.